The molecule has 0 aliphatic rings. The van der Waals surface area contributed by atoms with Crippen LogP contribution in [0.3, 0.4) is 0 Å². The Morgan fingerprint density at radius 3 is 2.69 bits per heavy atom. The molecular formula is C10H11Cl2N3O. The Hall–Kier alpha value is -1.10. The summed E-state index contributed by atoms with van der Waals surface area (Å²) in [5, 5.41) is 4.52. The first-order valence-corrected chi connectivity index (χ1v) is 5.29. The summed E-state index contributed by atoms with van der Waals surface area (Å²) >= 11 is 11.5. The van der Waals surface area contributed by atoms with Gasteiger partial charge in [0.15, 0.2) is 0 Å². The molecule has 1 rings (SSSR count). The zero-order valence-corrected chi connectivity index (χ0v) is 10.1. The Kier molecular flexibility index (Phi) is 4.73. The molecule has 4 nitrogen and oxygen atoms in total. The van der Waals surface area contributed by atoms with Crippen LogP contribution < -0.4 is 11.2 Å². The van der Waals surface area contributed by atoms with Crippen LogP contribution in [0.4, 0.5) is 0 Å². The molecule has 0 saturated carbocycles. The molecule has 0 atom stereocenters. The highest BCUT2D eigenvalue weighted by molar-refractivity contribution is 6.42. The number of nitrogens with zero attached hydrogens (tertiary/aromatic N) is 1. The largest absolute Gasteiger partial charge is 0.325 e. The number of nitrogens with one attached hydrogen (secondary N) is 1. The van der Waals surface area contributed by atoms with Crippen LogP contribution in [0.15, 0.2) is 23.3 Å². The molecule has 0 saturated heterocycles. The minimum absolute atomic E-state index is 0.293. The second kappa shape index (κ2) is 5.84. The summed E-state index contributed by atoms with van der Waals surface area (Å²) in [7, 11) is 0. The van der Waals surface area contributed by atoms with Crippen molar-refractivity contribution in [2.45, 2.75) is 6.92 Å². The van der Waals surface area contributed by atoms with Crippen molar-refractivity contribution >= 4 is 34.8 Å². The number of hydrogen-bond acceptors (Lipinski definition) is 3. The van der Waals surface area contributed by atoms with Gasteiger partial charge in [-0.3, -0.25) is 4.79 Å². The van der Waals surface area contributed by atoms with E-state index in [1.54, 1.807) is 19.1 Å². The van der Waals surface area contributed by atoms with E-state index in [0.29, 0.717) is 27.9 Å². The van der Waals surface area contributed by atoms with Gasteiger partial charge in [-0.25, -0.2) is 5.43 Å². The van der Waals surface area contributed by atoms with E-state index in [0.717, 1.165) is 0 Å². The molecule has 0 fully saturated rings. The Balaban J connectivity index is 2.77. The summed E-state index contributed by atoms with van der Waals surface area (Å²) in [6.45, 7) is 2.01. The van der Waals surface area contributed by atoms with Gasteiger partial charge in [-0.1, -0.05) is 23.2 Å². The summed E-state index contributed by atoms with van der Waals surface area (Å²) in [5.41, 5.74) is 8.71. The zero-order chi connectivity index (χ0) is 12.1. The number of benzene rings is 1. The second-order valence-corrected chi connectivity index (χ2v) is 3.94. The molecule has 3 N–H and O–H groups in total. The minimum Gasteiger partial charge on any atom is -0.325 e. The van der Waals surface area contributed by atoms with Gasteiger partial charge in [0.2, 0.25) is 0 Å². The molecule has 1 amide bonds. The van der Waals surface area contributed by atoms with Gasteiger partial charge in [-0.15, -0.1) is 0 Å². The van der Waals surface area contributed by atoms with Gasteiger partial charge in [0, 0.05) is 17.8 Å². The van der Waals surface area contributed by atoms with Gasteiger partial charge < -0.3 is 5.73 Å². The summed E-state index contributed by atoms with van der Waals surface area (Å²) in [5.74, 6) is -0.355. The Bertz CT molecular complexity index is 432. The van der Waals surface area contributed by atoms with E-state index in [-0.39, 0.29) is 5.91 Å². The number of halogens is 2. The highest BCUT2D eigenvalue weighted by Crippen LogP contribution is 2.22. The molecule has 0 aliphatic carbocycles. The molecule has 1 aromatic rings. The zero-order valence-electron chi connectivity index (χ0n) is 8.63. The molecular weight excluding hydrogens is 249 g/mol. The summed E-state index contributed by atoms with van der Waals surface area (Å²) in [6.07, 6.45) is 0. The lowest BCUT2D eigenvalue weighted by molar-refractivity contribution is 0.0955. The Morgan fingerprint density at radius 1 is 1.44 bits per heavy atom. The number of amides is 1. The molecule has 0 bridgehead atoms. The molecule has 0 heterocycles. The van der Waals surface area contributed by atoms with E-state index in [1.165, 1.54) is 6.07 Å². The van der Waals surface area contributed by atoms with E-state index in [9.17, 15) is 4.79 Å². The Morgan fingerprint density at radius 2 is 2.12 bits per heavy atom. The first-order valence-electron chi connectivity index (χ1n) is 4.53. The highest BCUT2D eigenvalue weighted by Gasteiger charge is 2.06. The van der Waals surface area contributed by atoms with Crippen LogP contribution >= 0.6 is 23.2 Å². The van der Waals surface area contributed by atoms with E-state index >= 15 is 0 Å². The highest BCUT2D eigenvalue weighted by atomic mass is 35.5. The van der Waals surface area contributed by atoms with Crippen molar-refractivity contribution in [1.29, 1.82) is 0 Å². The first-order chi connectivity index (χ1) is 7.54. The summed E-state index contributed by atoms with van der Waals surface area (Å²) in [4.78, 5) is 11.6. The number of rotatable bonds is 3. The average molecular weight is 260 g/mol. The lowest BCUT2D eigenvalue weighted by atomic mass is 10.2. The topological polar surface area (TPSA) is 67.5 Å². The van der Waals surface area contributed by atoms with Crippen LogP contribution in [0.2, 0.25) is 10.0 Å². The van der Waals surface area contributed by atoms with Crippen LogP contribution in [0.25, 0.3) is 0 Å². The number of carbonyl (C=O) groups is 1. The van der Waals surface area contributed by atoms with Crippen molar-refractivity contribution in [2.75, 3.05) is 6.54 Å². The fraction of sp³-hybridized carbons (Fsp3) is 0.200. The van der Waals surface area contributed by atoms with Gasteiger partial charge in [-0.05, 0) is 25.1 Å². The third kappa shape index (κ3) is 3.48. The van der Waals surface area contributed by atoms with E-state index in [2.05, 4.69) is 10.5 Å². The smallest absolute Gasteiger partial charge is 0.271 e. The van der Waals surface area contributed by atoms with E-state index in [4.69, 9.17) is 28.9 Å². The molecule has 16 heavy (non-hydrogen) atoms. The monoisotopic (exact) mass is 259 g/mol. The van der Waals surface area contributed by atoms with E-state index < -0.39 is 0 Å². The van der Waals surface area contributed by atoms with Gasteiger partial charge in [0.05, 0.1) is 10.0 Å². The maximum Gasteiger partial charge on any atom is 0.271 e. The van der Waals surface area contributed by atoms with Crippen molar-refractivity contribution in [3.63, 3.8) is 0 Å². The van der Waals surface area contributed by atoms with Crippen molar-refractivity contribution in [3.8, 4) is 0 Å². The lowest BCUT2D eigenvalue weighted by Crippen LogP contribution is -2.21. The SMILES string of the molecule is CC(CN)=NNC(=O)c1ccc(Cl)c(Cl)c1. The van der Waals surface area contributed by atoms with Gasteiger partial charge >= 0.3 is 0 Å². The number of hydrazone groups is 1. The molecule has 6 heteroatoms. The van der Waals surface area contributed by atoms with Crippen molar-refractivity contribution in [3.05, 3.63) is 33.8 Å². The first kappa shape index (κ1) is 13.0. The maximum atomic E-state index is 11.6. The Labute approximate surface area is 103 Å². The molecule has 0 aliphatic heterocycles. The minimum atomic E-state index is -0.355. The molecule has 1 aromatic carbocycles. The van der Waals surface area contributed by atoms with Gasteiger partial charge in [-0.2, -0.15) is 5.10 Å². The molecule has 0 aromatic heterocycles. The second-order valence-electron chi connectivity index (χ2n) is 3.12. The standard InChI is InChI=1S/C10H11Cl2N3O/c1-6(5-13)14-15-10(16)7-2-3-8(11)9(12)4-7/h2-4H,5,13H2,1H3,(H,15,16). The van der Waals surface area contributed by atoms with Gasteiger partial charge in [0.1, 0.15) is 0 Å². The predicted octanol–water partition coefficient (Wildman–Crippen LogP) is 2.06. The fourth-order valence-corrected chi connectivity index (χ4v) is 1.19. The van der Waals surface area contributed by atoms with Crippen LogP contribution in [-0.4, -0.2) is 18.2 Å². The lowest BCUT2D eigenvalue weighted by Gasteiger charge is -2.02. The van der Waals surface area contributed by atoms with Crippen molar-refractivity contribution < 1.29 is 4.79 Å². The van der Waals surface area contributed by atoms with Crippen molar-refractivity contribution in [1.82, 2.24) is 5.43 Å². The fourth-order valence-electron chi connectivity index (χ4n) is 0.894. The van der Waals surface area contributed by atoms with Crippen LogP contribution in [-0.2, 0) is 0 Å². The number of nitrogens with two attached hydrogens (primary N) is 1. The maximum absolute atomic E-state index is 11.6. The van der Waals surface area contributed by atoms with Crippen LogP contribution in [0.5, 0.6) is 0 Å². The molecule has 0 unspecified atom stereocenters. The third-order valence-electron chi connectivity index (χ3n) is 1.83. The predicted molar refractivity (Wildman–Crippen MR) is 66.1 cm³/mol. The normalized spacial score (nSPS) is 11.4. The molecule has 86 valence electrons. The van der Waals surface area contributed by atoms with Gasteiger partial charge in [0.25, 0.3) is 5.91 Å². The quantitative estimate of drug-likeness (QED) is 0.645. The van der Waals surface area contributed by atoms with Crippen LogP contribution in [0.1, 0.15) is 17.3 Å². The summed E-state index contributed by atoms with van der Waals surface area (Å²) in [6, 6.07) is 4.60. The molecule has 0 spiro atoms. The average Bonchev–Trinajstić information content (AvgIpc) is 2.29. The van der Waals surface area contributed by atoms with E-state index in [1.807, 2.05) is 0 Å². The number of hydrogen-bond donors (Lipinski definition) is 2. The number of carbonyl (C=O) groups excluding carboxylic acids is 1. The van der Waals surface area contributed by atoms with Crippen molar-refractivity contribution in [2.24, 2.45) is 10.8 Å². The summed E-state index contributed by atoms with van der Waals surface area (Å²) < 4.78 is 0. The third-order valence-corrected chi connectivity index (χ3v) is 2.56. The van der Waals surface area contributed by atoms with Crippen LogP contribution in [0, 0.1) is 0 Å². The molecule has 0 radical (unpaired) electrons.